The Morgan fingerprint density at radius 1 is 0.472 bits per heavy atom. The van der Waals surface area contributed by atoms with Gasteiger partial charge in [0.05, 0.1) is 6.54 Å². The average Bonchev–Trinajstić information content (AvgIpc) is 3.29. The Labute approximate surface area is 530 Å². The molecule has 502 valence electrons. The fourth-order valence-corrected chi connectivity index (χ4v) is 10.9. The second-order valence-electron chi connectivity index (χ2n) is 26.8. The largest absolute Gasteiger partial charge is 0.370 e. The maximum atomic E-state index is 15.1. The van der Waals surface area contributed by atoms with Crippen LogP contribution in [0.1, 0.15) is 160 Å². The zero-order valence-corrected chi connectivity index (χ0v) is 57.1. The summed E-state index contributed by atoms with van der Waals surface area (Å²) in [5, 5.41) is 11.1. The molecule has 0 aromatic heterocycles. The van der Waals surface area contributed by atoms with Crippen molar-refractivity contribution in [3.8, 4) is 0 Å². The van der Waals surface area contributed by atoms with Gasteiger partial charge in [-0.3, -0.25) is 57.5 Å². The van der Waals surface area contributed by atoms with E-state index in [-0.39, 0.29) is 87.5 Å². The van der Waals surface area contributed by atoms with Gasteiger partial charge in [0, 0.05) is 55.3 Å². The lowest BCUT2D eigenvalue weighted by molar-refractivity contribution is -0.153. The van der Waals surface area contributed by atoms with Crippen LogP contribution in [0, 0.1) is 35.5 Å². The molecule has 1 fully saturated rings. The Morgan fingerprint density at radius 2 is 0.865 bits per heavy atom. The molecule has 1 heterocycles. The van der Waals surface area contributed by atoms with Gasteiger partial charge in [-0.15, -0.1) is 0 Å². The van der Waals surface area contributed by atoms with E-state index in [0.717, 1.165) is 0 Å². The molecule has 1 aromatic rings. The first-order valence-corrected chi connectivity index (χ1v) is 31.7. The molecule has 0 spiro atoms. The predicted octanol–water partition coefficient (Wildman–Crippen LogP) is 3.53. The number of hydrogen-bond acceptors (Lipinski definition) is 12. The molecule has 1 aliphatic heterocycles. The van der Waals surface area contributed by atoms with Crippen LogP contribution in [0.3, 0.4) is 0 Å². The number of likely N-dealkylation sites (N-methyl/N-ethyl adjacent to an activating group) is 6. The van der Waals surface area contributed by atoms with Crippen LogP contribution < -0.4 is 27.0 Å². The van der Waals surface area contributed by atoms with Crippen molar-refractivity contribution in [2.75, 3.05) is 55.4 Å². The highest BCUT2D eigenvalue weighted by atomic mass is 16.2. The summed E-state index contributed by atoms with van der Waals surface area (Å²) in [6, 6.07) is -2.21. The van der Waals surface area contributed by atoms with E-state index in [9.17, 15) is 47.9 Å². The molecule has 0 bridgehead atoms. The second kappa shape index (κ2) is 36.5. The van der Waals surface area contributed by atoms with Crippen molar-refractivity contribution < 1.29 is 57.5 Å². The zero-order valence-electron chi connectivity index (χ0n) is 57.1. The number of hydrogen-bond donors (Lipinski definition) is 5. The van der Waals surface area contributed by atoms with Crippen molar-refractivity contribution in [2.24, 2.45) is 41.2 Å². The van der Waals surface area contributed by atoms with E-state index < -0.39 is 144 Å². The summed E-state index contributed by atoms with van der Waals surface area (Å²) in [6.45, 7) is 24.2. The minimum absolute atomic E-state index is 0.0805. The van der Waals surface area contributed by atoms with Gasteiger partial charge in [0.25, 0.3) is 0 Å². The molecule has 89 heavy (non-hydrogen) atoms. The molecular weight excluding hydrogens is 1140 g/mol. The summed E-state index contributed by atoms with van der Waals surface area (Å²) in [5.74, 6) is -9.46. The molecule has 9 atom stereocenters. The van der Waals surface area contributed by atoms with Crippen molar-refractivity contribution in [3.63, 3.8) is 0 Å². The van der Waals surface area contributed by atoms with Gasteiger partial charge in [-0.1, -0.05) is 127 Å². The van der Waals surface area contributed by atoms with Crippen molar-refractivity contribution in [1.29, 1.82) is 0 Å². The molecule has 0 radical (unpaired) electrons. The van der Waals surface area contributed by atoms with E-state index in [2.05, 4.69) is 21.3 Å². The van der Waals surface area contributed by atoms with Crippen LogP contribution in [0.5, 0.6) is 0 Å². The number of nitrogens with zero attached hydrogens (tertiary/aromatic N) is 7. The highest BCUT2D eigenvalue weighted by Gasteiger charge is 2.42. The standard InChI is InChI=1S/C65H110N12O12/c1-21-25-47-62(86)71(15)36-54(79)72(16)48(30-38(2)3)60(84)70-56(43(12)13)65(89)75(19)50(32-40(6)7)58(82)68-46(28-29-53(66)78)57(81)67-44(14)61(85)77(35-45-26-23-22-24-27-45)37-55(80)73(17)51(33-41(8)9)63(87)76(20)52(34-42(10)11)64(88)74(18)49(31-39(4)5)59(83)69-47/h22-24,26-27,38-44,46-52,56H,21,25,28-37H2,1-20H3,(H2,66,78)(H,67,81)(H,68,82)(H,69,83)(H,70,84)/t44-,46-,47+,48+,49+,50+,51+,52+,56+/m1/s1. The third-order valence-electron chi connectivity index (χ3n) is 16.2. The fourth-order valence-electron chi connectivity index (χ4n) is 10.9. The zero-order chi connectivity index (χ0) is 68.1. The second-order valence-corrected chi connectivity index (χ2v) is 26.8. The SMILES string of the molecule is CCC[C@@H]1NC(=O)[C@H](CC(C)C)N(C)C(=O)[C@H](CC(C)C)N(C)C(=O)[C@H](CC(C)C)N(C)C(=O)CN(Cc2ccccc2)C(=O)[C@@H](C)NC(=O)[C@@H](CCC(N)=O)NC(=O)[C@H](CC(C)C)N(C)C(=O)[C@H](C(C)C)NC(=O)[C@H](CC(C)C)N(C)C(=O)CN(C)C1=O. The summed E-state index contributed by atoms with van der Waals surface area (Å²) in [7, 11) is 8.66. The lowest BCUT2D eigenvalue weighted by Gasteiger charge is -2.39. The first-order valence-electron chi connectivity index (χ1n) is 31.7. The maximum absolute atomic E-state index is 15.1. The Hall–Kier alpha value is -7.14. The van der Waals surface area contributed by atoms with Gasteiger partial charge < -0.3 is 61.3 Å². The average molecular weight is 1250 g/mol. The van der Waals surface area contributed by atoms with Crippen LogP contribution in [0.25, 0.3) is 0 Å². The van der Waals surface area contributed by atoms with Gasteiger partial charge in [-0.05, 0) is 92.9 Å². The molecule has 6 N–H and O–H groups in total. The van der Waals surface area contributed by atoms with Crippen molar-refractivity contribution in [2.45, 2.75) is 216 Å². The molecule has 1 saturated heterocycles. The number of carbonyl (C=O) groups is 12. The first kappa shape index (κ1) is 78.0. The van der Waals surface area contributed by atoms with E-state index >= 15 is 9.59 Å². The van der Waals surface area contributed by atoms with Gasteiger partial charge in [0.15, 0.2) is 0 Å². The van der Waals surface area contributed by atoms with Crippen LogP contribution >= 0.6 is 0 Å². The number of nitrogens with one attached hydrogen (secondary N) is 4. The van der Waals surface area contributed by atoms with Crippen molar-refractivity contribution in [3.05, 3.63) is 35.9 Å². The maximum Gasteiger partial charge on any atom is 0.245 e. The summed E-state index contributed by atoms with van der Waals surface area (Å²) in [5.41, 5.74) is 6.20. The molecule has 24 heteroatoms. The molecule has 1 aromatic carbocycles. The molecule has 12 amide bonds. The van der Waals surface area contributed by atoms with E-state index in [1.807, 2.05) is 76.2 Å². The van der Waals surface area contributed by atoms with Crippen LogP contribution in [0.2, 0.25) is 0 Å². The third-order valence-corrected chi connectivity index (χ3v) is 16.2. The minimum Gasteiger partial charge on any atom is -0.370 e. The van der Waals surface area contributed by atoms with Crippen molar-refractivity contribution >= 4 is 70.9 Å². The Kier molecular flexibility index (Phi) is 32.0. The Morgan fingerprint density at radius 3 is 1.31 bits per heavy atom. The highest BCUT2D eigenvalue weighted by molar-refractivity contribution is 5.99. The molecule has 0 aliphatic carbocycles. The van der Waals surface area contributed by atoms with E-state index in [1.54, 1.807) is 44.2 Å². The van der Waals surface area contributed by atoms with Gasteiger partial charge in [-0.2, -0.15) is 0 Å². The number of rotatable bonds is 18. The van der Waals surface area contributed by atoms with Crippen LogP contribution in [0.15, 0.2) is 30.3 Å². The van der Waals surface area contributed by atoms with E-state index in [0.29, 0.717) is 12.0 Å². The topological polar surface area (TPSA) is 302 Å². The lowest BCUT2D eigenvalue weighted by Crippen LogP contribution is -2.61. The van der Waals surface area contributed by atoms with Gasteiger partial charge in [-0.25, -0.2) is 0 Å². The van der Waals surface area contributed by atoms with Gasteiger partial charge in [0.1, 0.15) is 60.9 Å². The third kappa shape index (κ3) is 24.0. The van der Waals surface area contributed by atoms with E-state index in [1.165, 1.54) is 83.5 Å². The monoisotopic (exact) mass is 1250 g/mol. The van der Waals surface area contributed by atoms with Crippen LogP contribution in [-0.2, 0) is 64.1 Å². The van der Waals surface area contributed by atoms with Crippen molar-refractivity contribution in [1.82, 2.24) is 55.6 Å². The summed E-state index contributed by atoms with van der Waals surface area (Å²) < 4.78 is 0. The molecule has 1 aliphatic rings. The first-order chi connectivity index (χ1) is 41.4. The number of benzene rings is 1. The number of amides is 12. The highest BCUT2D eigenvalue weighted by Crippen LogP contribution is 2.24. The normalized spacial score (nSPS) is 24.4. The number of primary amides is 1. The molecule has 24 nitrogen and oxygen atoms in total. The number of nitrogens with two attached hydrogens (primary N) is 1. The molecular formula is C65H110N12O12. The van der Waals surface area contributed by atoms with Gasteiger partial charge >= 0.3 is 0 Å². The lowest BCUT2D eigenvalue weighted by atomic mass is 9.96. The van der Waals surface area contributed by atoms with Crippen LogP contribution in [-0.4, -0.2) is 215 Å². The summed E-state index contributed by atoms with van der Waals surface area (Å²) in [4.78, 5) is 183. The Balaban J connectivity index is 3.01. The summed E-state index contributed by atoms with van der Waals surface area (Å²) >= 11 is 0. The Bertz CT molecular complexity index is 2580. The van der Waals surface area contributed by atoms with Gasteiger partial charge in [0.2, 0.25) is 70.9 Å². The quantitative estimate of drug-likeness (QED) is 0.141. The molecule has 0 unspecified atom stereocenters. The van der Waals surface area contributed by atoms with Crippen LogP contribution in [0.4, 0.5) is 0 Å². The fraction of sp³-hybridized carbons (Fsp3) is 0.723. The predicted molar refractivity (Wildman–Crippen MR) is 341 cm³/mol. The number of carbonyl (C=O) groups excluding carboxylic acids is 12. The summed E-state index contributed by atoms with van der Waals surface area (Å²) in [6.07, 6.45) is 0.658. The smallest absolute Gasteiger partial charge is 0.245 e. The minimum atomic E-state index is -1.47. The van der Waals surface area contributed by atoms with E-state index in [4.69, 9.17) is 5.73 Å². The molecule has 2 rings (SSSR count). The molecule has 0 saturated carbocycles.